The molecule has 2 N–H and O–H groups in total. The number of hydrogen-bond donors (Lipinski definition) is 2. The Labute approximate surface area is 363 Å². The fraction of sp³-hybridized carbons (Fsp3) is 0.354. The molecule has 0 radical (unpaired) electrons. The number of ether oxygens (including phenoxy) is 5. The number of carbonyl (C=O) groups excluding carboxylic acids is 3. The smallest absolute Gasteiger partial charge is 0.344 e. The van der Waals surface area contributed by atoms with E-state index in [2.05, 4.69) is 30.4 Å². The fourth-order valence-electron chi connectivity index (χ4n) is 5.47. The predicted molar refractivity (Wildman–Crippen MR) is 238 cm³/mol. The summed E-state index contributed by atoms with van der Waals surface area (Å²) in [4.78, 5) is 54.9. The number of carbonyl (C=O) groups is 4. The number of hydrogen-bond acceptors (Lipinski definition) is 13. The number of phenols is 1. The van der Waals surface area contributed by atoms with Crippen molar-refractivity contribution in [1.82, 2.24) is 4.90 Å². The molecular formula is C48H61NO13. The zero-order valence-corrected chi connectivity index (χ0v) is 37.2. The Kier molecular flexibility index (Phi) is 26.9. The van der Waals surface area contributed by atoms with E-state index in [1.165, 1.54) is 39.5 Å². The van der Waals surface area contributed by atoms with Crippen LogP contribution in [0.3, 0.4) is 0 Å². The second kappa shape index (κ2) is 30.9. The predicted octanol–water partition coefficient (Wildman–Crippen LogP) is 8.01. The second-order valence-corrected chi connectivity index (χ2v) is 13.4. The Morgan fingerprint density at radius 1 is 0.629 bits per heavy atom. The molecule has 0 spiro atoms. The lowest BCUT2D eigenvalue weighted by Gasteiger charge is -2.13. The largest absolute Gasteiger partial charge is 0.507 e. The summed E-state index contributed by atoms with van der Waals surface area (Å²) in [5, 5.41) is 18.6. The van der Waals surface area contributed by atoms with Crippen LogP contribution in [-0.2, 0) is 70.9 Å². The highest BCUT2D eigenvalue weighted by Crippen LogP contribution is 2.23. The molecule has 62 heavy (non-hydrogen) atoms. The summed E-state index contributed by atoms with van der Waals surface area (Å²) < 4.78 is 29.4. The first-order valence-electron chi connectivity index (χ1n) is 19.8. The lowest BCUT2D eigenvalue weighted by atomic mass is 10.0. The number of rotatable bonds is 15. The highest BCUT2D eigenvalue weighted by molar-refractivity contribution is 5.83. The molecule has 0 aliphatic heterocycles. The number of benzene rings is 4. The summed E-state index contributed by atoms with van der Waals surface area (Å²) in [6.07, 6.45) is 0.694. The molecule has 14 heteroatoms. The molecule has 0 amide bonds. The van der Waals surface area contributed by atoms with Crippen LogP contribution in [-0.4, -0.2) is 87.4 Å². The third-order valence-electron chi connectivity index (χ3n) is 8.54. The van der Waals surface area contributed by atoms with Gasteiger partial charge in [-0.2, -0.15) is 0 Å². The summed E-state index contributed by atoms with van der Waals surface area (Å²) in [5.41, 5.74) is 6.67. The molecule has 1 heterocycles. The maximum Gasteiger partial charge on any atom is 0.344 e. The first-order valence-corrected chi connectivity index (χ1v) is 19.8. The number of carboxylic acids is 1. The zero-order chi connectivity index (χ0) is 46.5. The summed E-state index contributed by atoms with van der Waals surface area (Å²) in [5.74, 6) is -1.93. The molecular weight excluding hydrogens is 799 g/mol. The molecule has 0 unspecified atom stereocenters. The average molecular weight is 860 g/mol. The molecule has 0 bridgehead atoms. The van der Waals surface area contributed by atoms with Crippen molar-refractivity contribution in [3.05, 3.63) is 135 Å². The summed E-state index contributed by atoms with van der Waals surface area (Å²) in [7, 11) is 6.50. The van der Waals surface area contributed by atoms with Gasteiger partial charge in [-0.3, -0.25) is 19.2 Å². The van der Waals surface area contributed by atoms with Crippen LogP contribution in [0.2, 0.25) is 0 Å². The van der Waals surface area contributed by atoms with E-state index in [9.17, 15) is 29.1 Å². The first kappa shape index (κ1) is 54.0. The van der Waals surface area contributed by atoms with Gasteiger partial charge in [0, 0.05) is 47.7 Å². The highest BCUT2D eigenvalue weighted by atomic mass is 16.6. The Morgan fingerprint density at radius 2 is 1.06 bits per heavy atom. The van der Waals surface area contributed by atoms with Crippen LogP contribution in [0.25, 0.3) is 22.1 Å². The third-order valence-corrected chi connectivity index (χ3v) is 8.54. The molecule has 0 saturated carbocycles. The van der Waals surface area contributed by atoms with Gasteiger partial charge in [-0.25, -0.2) is 4.79 Å². The number of phenolic OH excluding ortho intramolecular Hbond substituents is 1. The highest BCUT2D eigenvalue weighted by Gasteiger charge is 2.09. The summed E-state index contributed by atoms with van der Waals surface area (Å²) in [6.45, 7) is 14.5. The van der Waals surface area contributed by atoms with Crippen molar-refractivity contribution in [3.8, 4) is 16.9 Å². The van der Waals surface area contributed by atoms with Crippen molar-refractivity contribution in [1.29, 1.82) is 0 Å². The van der Waals surface area contributed by atoms with Crippen LogP contribution in [0.4, 0.5) is 0 Å². The van der Waals surface area contributed by atoms with E-state index in [-0.39, 0.29) is 17.8 Å². The number of aromatic hydroxyl groups is 1. The summed E-state index contributed by atoms with van der Waals surface area (Å²) >= 11 is 0. The topological polar surface area (TPSA) is 188 Å². The van der Waals surface area contributed by atoms with E-state index in [0.29, 0.717) is 49.4 Å². The molecule has 5 rings (SSSR count). The molecule has 0 fully saturated rings. The van der Waals surface area contributed by atoms with Gasteiger partial charge in [0.2, 0.25) is 0 Å². The number of esters is 2. The number of fused-ring (bicyclic) bond motifs is 1. The number of methoxy groups -OCH3 is 4. The SMILES string of the molecule is CC(=O)OC(C)=O.CCN(CC)CC.COCc1ccc(-c2cc3ccc(COC)cc3oc2=O)cc1.COCc1ccc(C=O)c(O)c1.COCc1ccc(CC(=O)O)cc1. The molecule has 0 atom stereocenters. The van der Waals surface area contributed by atoms with Crippen molar-refractivity contribution in [3.63, 3.8) is 0 Å². The maximum atomic E-state index is 12.3. The van der Waals surface area contributed by atoms with Crippen molar-refractivity contribution in [2.24, 2.45) is 0 Å². The van der Waals surface area contributed by atoms with Gasteiger partial charge in [0.05, 0.1) is 44.0 Å². The van der Waals surface area contributed by atoms with Gasteiger partial charge in [0.25, 0.3) is 0 Å². The molecule has 0 saturated heterocycles. The Balaban J connectivity index is 0.000000423. The standard InChI is InChI=1S/C19H18O4.C10H12O3.C9H10O3.C6H15N.C4H6O3/c1-21-11-13-3-6-15(7-4-13)17-10-16-8-5-14(12-22-2)9-18(16)23-19(17)20;1-13-7-9-4-2-8(3-5-9)6-10(11)12;1-12-6-7-2-3-8(5-10)9(11)4-7;1-4-7(5-2)6-3;1-3(5)7-4(2)6/h3-10H,11-12H2,1-2H3;2-5H,6-7H2,1H3,(H,11,12);2-5,11H,6H2,1H3;4-6H2,1-3H3;1-2H3. The van der Waals surface area contributed by atoms with Gasteiger partial charge in [0.15, 0.2) is 6.29 Å². The minimum atomic E-state index is -0.806. The van der Waals surface area contributed by atoms with Crippen LogP contribution in [0.5, 0.6) is 5.75 Å². The quantitative estimate of drug-likeness (QED) is 0.0446. The van der Waals surface area contributed by atoms with Gasteiger partial charge in [-0.1, -0.05) is 87.5 Å². The second-order valence-electron chi connectivity index (χ2n) is 13.4. The monoisotopic (exact) mass is 859 g/mol. The Bertz CT molecular complexity index is 2120. The van der Waals surface area contributed by atoms with Crippen LogP contribution in [0.15, 0.2) is 100 Å². The maximum absolute atomic E-state index is 12.3. The number of aldehydes is 1. The van der Waals surface area contributed by atoms with E-state index in [1.54, 1.807) is 40.6 Å². The van der Waals surface area contributed by atoms with E-state index in [4.69, 9.17) is 28.5 Å². The Hall–Kier alpha value is -6.03. The lowest BCUT2D eigenvalue weighted by molar-refractivity contribution is -0.156. The van der Waals surface area contributed by atoms with Crippen LogP contribution >= 0.6 is 0 Å². The minimum absolute atomic E-state index is 0.000417. The minimum Gasteiger partial charge on any atom is -0.507 e. The van der Waals surface area contributed by atoms with E-state index >= 15 is 0 Å². The lowest BCUT2D eigenvalue weighted by Crippen LogP contribution is -2.21. The molecule has 5 aromatic rings. The molecule has 4 aromatic carbocycles. The molecule has 14 nitrogen and oxygen atoms in total. The van der Waals surface area contributed by atoms with Crippen molar-refractivity contribution in [2.75, 3.05) is 48.1 Å². The van der Waals surface area contributed by atoms with Gasteiger partial charge in [0.1, 0.15) is 11.3 Å². The first-order chi connectivity index (χ1) is 29.7. The zero-order valence-electron chi connectivity index (χ0n) is 37.2. The molecule has 336 valence electrons. The number of carboxylic acid groups (broad SMARTS) is 1. The Morgan fingerprint density at radius 3 is 1.47 bits per heavy atom. The van der Waals surface area contributed by atoms with Gasteiger partial charge in [-0.15, -0.1) is 0 Å². The fourth-order valence-corrected chi connectivity index (χ4v) is 5.47. The third kappa shape index (κ3) is 21.5. The van der Waals surface area contributed by atoms with Gasteiger partial charge < -0.3 is 43.2 Å². The van der Waals surface area contributed by atoms with E-state index in [0.717, 1.165) is 38.8 Å². The average Bonchev–Trinajstić information content (AvgIpc) is 3.23. The van der Waals surface area contributed by atoms with Crippen LogP contribution in [0, 0.1) is 0 Å². The van der Waals surface area contributed by atoms with E-state index in [1.807, 2.05) is 72.8 Å². The van der Waals surface area contributed by atoms with Crippen molar-refractivity contribution >= 4 is 35.2 Å². The van der Waals surface area contributed by atoms with Crippen molar-refractivity contribution < 1.29 is 57.5 Å². The van der Waals surface area contributed by atoms with Crippen molar-refractivity contribution in [2.45, 2.75) is 67.5 Å². The van der Waals surface area contributed by atoms with Gasteiger partial charge >= 0.3 is 23.5 Å². The number of nitrogens with zero attached hydrogens (tertiary/aromatic N) is 1. The van der Waals surface area contributed by atoms with Crippen LogP contribution in [0.1, 0.15) is 72.8 Å². The normalized spacial score (nSPS) is 10.1. The molecule has 0 aliphatic rings. The number of aliphatic carboxylic acids is 1. The molecule has 1 aromatic heterocycles. The van der Waals surface area contributed by atoms with Gasteiger partial charge in [-0.05, 0) is 77.3 Å². The van der Waals surface area contributed by atoms with E-state index < -0.39 is 17.9 Å². The van der Waals surface area contributed by atoms with Crippen LogP contribution < -0.4 is 5.63 Å². The molecule has 0 aliphatic carbocycles. The summed E-state index contributed by atoms with van der Waals surface area (Å²) in [6, 6.07) is 27.5.